The van der Waals surface area contributed by atoms with E-state index < -0.39 is 11.6 Å². The number of piperidine rings is 1. The molecule has 2 heterocycles. The summed E-state index contributed by atoms with van der Waals surface area (Å²) in [5.41, 5.74) is 1.23. The van der Waals surface area contributed by atoms with E-state index in [0.717, 1.165) is 42.4 Å². The van der Waals surface area contributed by atoms with Crippen molar-refractivity contribution >= 4 is 11.8 Å². The Kier molecular flexibility index (Phi) is 8.40. The maximum absolute atomic E-state index is 13.9. The first-order chi connectivity index (χ1) is 19.4. The number of para-hydroxylation sites is 2. The molecule has 210 valence electrons. The molecule has 7 nitrogen and oxygen atoms in total. The summed E-state index contributed by atoms with van der Waals surface area (Å²) in [6, 6.07) is 25.2. The van der Waals surface area contributed by atoms with Crippen LogP contribution < -0.4 is 14.8 Å². The molecule has 0 saturated carbocycles. The van der Waals surface area contributed by atoms with Gasteiger partial charge in [0.15, 0.2) is 0 Å². The molecule has 3 aromatic carbocycles. The molecular formula is C33H39N3O4. The topological polar surface area (TPSA) is 71.1 Å². The third-order valence-electron chi connectivity index (χ3n) is 8.03. The van der Waals surface area contributed by atoms with E-state index in [1.54, 1.807) is 7.11 Å². The Balaban J connectivity index is 1.29. The number of benzene rings is 3. The molecule has 0 aromatic heterocycles. The molecule has 0 radical (unpaired) electrons. The van der Waals surface area contributed by atoms with Crippen molar-refractivity contribution in [1.29, 1.82) is 0 Å². The summed E-state index contributed by atoms with van der Waals surface area (Å²) < 4.78 is 11.5. The Morgan fingerprint density at radius 2 is 1.52 bits per heavy atom. The maximum atomic E-state index is 13.9. The van der Waals surface area contributed by atoms with Crippen molar-refractivity contribution in [2.24, 2.45) is 5.92 Å². The van der Waals surface area contributed by atoms with Crippen molar-refractivity contribution in [3.05, 3.63) is 90.0 Å². The van der Waals surface area contributed by atoms with Gasteiger partial charge in [0.05, 0.1) is 13.7 Å². The van der Waals surface area contributed by atoms with Crippen LogP contribution in [0.1, 0.15) is 44.2 Å². The van der Waals surface area contributed by atoms with Gasteiger partial charge in [-0.3, -0.25) is 14.5 Å². The van der Waals surface area contributed by atoms with Gasteiger partial charge in [-0.15, -0.1) is 0 Å². The molecule has 1 atom stereocenters. The molecule has 7 heteroatoms. The van der Waals surface area contributed by atoms with Crippen molar-refractivity contribution in [3.8, 4) is 17.2 Å². The summed E-state index contributed by atoms with van der Waals surface area (Å²) in [7, 11) is 1.64. The van der Waals surface area contributed by atoms with Crippen LogP contribution in [0.15, 0.2) is 78.9 Å². The van der Waals surface area contributed by atoms with Gasteiger partial charge in [-0.25, -0.2) is 0 Å². The van der Waals surface area contributed by atoms with Crippen molar-refractivity contribution in [2.45, 2.75) is 57.8 Å². The normalized spacial score (nSPS) is 19.1. The fourth-order valence-electron chi connectivity index (χ4n) is 5.86. The third-order valence-corrected chi connectivity index (χ3v) is 8.03. The van der Waals surface area contributed by atoms with Gasteiger partial charge in [0.2, 0.25) is 11.8 Å². The van der Waals surface area contributed by atoms with Gasteiger partial charge in [0.1, 0.15) is 28.8 Å². The lowest BCUT2D eigenvalue weighted by molar-refractivity contribution is -0.162. The summed E-state index contributed by atoms with van der Waals surface area (Å²) in [5.74, 6) is 2.60. The second kappa shape index (κ2) is 12.1. The fourth-order valence-corrected chi connectivity index (χ4v) is 5.86. The molecule has 40 heavy (non-hydrogen) atoms. The fraction of sp³-hybridized carbons (Fsp3) is 0.394. The predicted octanol–water partition coefficient (Wildman–Crippen LogP) is 5.40. The van der Waals surface area contributed by atoms with Crippen molar-refractivity contribution in [1.82, 2.24) is 15.1 Å². The third kappa shape index (κ3) is 5.99. The monoisotopic (exact) mass is 541 g/mol. The zero-order valence-electron chi connectivity index (χ0n) is 23.6. The molecule has 2 amide bonds. The van der Waals surface area contributed by atoms with Gasteiger partial charge in [-0.05, 0) is 61.1 Å². The number of amides is 2. The smallest absolute Gasteiger partial charge is 0.246 e. The van der Waals surface area contributed by atoms with Gasteiger partial charge < -0.3 is 19.7 Å². The van der Waals surface area contributed by atoms with E-state index in [1.807, 2.05) is 71.6 Å². The molecule has 2 aliphatic rings. The lowest BCUT2D eigenvalue weighted by atomic mass is 9.80. The van der Waals surface area contributed by atoms with E-state index in [-0.39, 0.29) is 11.8 Å². The molecular weight excluding hydrogens is 502 g/mol. The highest BCUT2D eigenvalue weighted by Gasteiger charge is 2.53. The number of carbonyl (C=O) groups is 2. The molecule has 3 aromatic rings. The Bertz CT molecular complexity index is 1300. The number of methoxy groups -OCH3 is 1. The number of hydrogen-bond donors (Lipinski definition) is 1. The van der Waals surface area contributed by atoms with Crippen molar-refractivity contribution < 1.29 is 19.1 Å². The summed E-state index contributed by atoms with van der Waals surface area (Å²) >= 11 is 0. The first kappa shape index (κ1) is 27.7. The van der Waals surface area contributed by atoms with Gasteiger partial charge >= 0.3 is 0 Å². The van der Waals surface area contributed by atoms with Crippen LogP contribution in [0, 0.1) is 5.92 Å². The number of piperazine rings is 1. The largest absolute Gasteiger partial charge is 0.496 e. The van der Waals surface area contributed by atoms with Gasteiger partial charge in [-0.1, -0.05) is 62.4 Å². The highest BCUT2D eigenvalue weighted by molar-refractivity contribution is 6.00. The maximum Gasteiger partial charge on any atom is 0.246 e. The molecule has 2 aliphatic heterocycles. The summed E-state index contributed by atoms with van der Waals surface area (Å²) in [6.45, 7) is 6.73. The highest BCUT2D eigenvalue weighted by Crippen LogP contribution is 2.37. The van der Waals surface area contributed by atoms with Crippen LogP contribution in [0.5, 0.6) is 17.2 Å². The number of carbonyl (C=O) groups excluding carboxylic acids is 2. The second-order valence-electron chi connectivity index (χ2n) is 11.3. The van der Waals surface area contributed by atoms with Crippen LogP contribution in [-0.2, 0) is 22.7 Å². The number of nitrogens with zero attached hydrogens (tertiary/aromatic N) is 2. The van der Waals surface area contributed by atoms with Crippen LogP contribution in [0.25, 0.3) is 0 Å². The molecule has 0 aliphatic carbocycles. The molecule has 2 fully saturated rings. The molecule has 1 spiro atoms. The lowest BCUT2D eigenvalue weighted by Gasteiger charge is -2.52. The number of nitrogens with one attached hydrogen (secondary N) is 1. The van der Waals surface area contributed by atoms with Crippen LogP contribution in [0.2, 0.25) is 0 Å². The molecule has 1 unspecified atom stereocenters. The Labute approximate surface area is 237 Å². The molecule has 1 N–H and O–H groups in total. The van der Waals surface area contributed by atoms with Crippen LogP contribution in [-0.4, -0.2) is 53.4 Å². The average molecular weight is 542 g/mol. The first-order valence-corrected chi connectivity index (χ1v) is 14.2. The van der Waals surface area contributed by atoms with E-state index in [0.29, 0.717) is 31.7 Å². The quantitative estimate of drug-likeness (QED) is 0.393. The number of ether oxygens (including phenoxy) is 2. The van der Waals surface area contributed by atoms with E-state index in [4.69, 9.17) is 9.47 Å². The van der Waals surface area contributed by atoms with Crippen LogP contribution in [0.3, 0.4) is 0 Å². The number of rotatable bonds is 9. The van der Waals surface area contributed by atoms with Crippen molar-refractivity contribution in [2.75, 3.05) is 20.2 Å². The highest BCUT2D eigenvalue weighted by atomic mass is 16.5. The Hall–Kier alpha value is -3.84. The molecule has 0 bridgehead atoms. The minimum absolute atomic E-state index is 0.00154. The van der Waals surface area contributed by atoms with Crippen LogP contribution in [0.4, 0.5) is 0 Å². The second-order valence-corrected chi connectivity index (χ2v) is 11.3. The van der Waals surface area contributed by atoms with Crippen molar-refractivity contribution in [3.63, 3.8) is 0 Å². The van der Waals surface area contributed by atoms with Gasteiger partial charge in [0, 0.05) is 25.2 Å². The standard InChI is InChI=1S/C33H39N3O4/c1-24(2)21-29-31(37)36(23-26-9-7-8-12-30(26)39-3)33(32(38)34-29)17-19-35(20-18-33)22-25-13-15-28(16-14-25)40-27-10-5-4-6-11-27/h4-16,24,29H,17-23H2,1-3H3,(H,34,38). The van der Waals surface area contributed by atoms with E-state index >= 15 is 0 Å². The Morgan fingerprint density at radius 1 is 0.875 bits per heavy atom. The number of hydrogen-bond acceptors (Lipinski definition) is 5. The minimum Gasteiger partial charge on any atom is -0.496 e. The SMILES string of the molecule is COc1ccccc1CN1C(=O)C(CC(C)C)NC(=O)C12CCN(Cc1ccc(Oc3ccccc3)cc1)CC2. The molecule has 5 rings (SSSR count). The predicted molar refractivity (Wildman–Crippen MR) is 155 cm³/mol. The van der Waals surface area contributed by atoms with E-state index in [9.17, 15) is 9.59 Å². The summed E-state index contributed by atoms with van der Waals surface area (Å²) in [6.07, 6.45) is 1.80. The van der Waals surface area contributed by atoms with Gasteiger partial charge in [-0.2, -0.15) is 0 Å². The number of likely N-dealkylation sites (tertiary alicyclic amines) is 1. The minimum atomic E-state index is -0.866. The zero-order valence-corrected chi connectivity index (χ0v) is 23.6. The van der Waals surface area contributed by atoms with Gasteiger partial charge in [0.25, 0.3) is 0 Å². The first-order valence-electron chi connectivity index (χ1n) is 14.2. The van der Waals surface area contributed by atoms with E-state index in [1.165, 1.54) is 5.56 Å². The van der Waals surface area contributed by atoms with Crippen LogP contribution >= 0.6 is 0 Å². The summed E-state index contributed by atoms with van der Waals surface area (Å²) in [4.78, 5) is 31.8. The Morgan fingerprint density at radius 3 is 2.20 bits per heavy atom. The average Bonchev–Trinajstić information content (AvgIpc) is 2.96. The lowest BCUT2D eigenvalue weighted by Crippen LogP contribution is -2.72. The summed E-state index contributed by atoms with van der Waals surface area (Å²) in [5, 5.41) is 3.10. The molecule has 2 saturated heterocycles. The zero-order chi connectivity index (χ0) is 28.1. The van der Waals surface area contributed by atoms with E-state index in [2.05, 4.69) is 36.2 Å².